The monoisotopic (exact) mass is 153 g/mol. The summed E-state index contributed by atoms with van der Waals surface area (Å²) in [5.74, 6) is -0.329. The number of unbranched alkanes of at least 4 members (excludes halogenated alkanes) is 1. The molecule has 0 amide bonds. The minimum atomic E-state index is -0.329. The average Bonchev–Trinajstić information content (AvgIpc) is 1.61. The van der Waals surface area contributed by atoms with Gasteiger partial charge in [-0.05, 0) is 6.42 Å². The second-order valence-corrected chi connectivity index (χ2v) is 6.16. The van der Waals surface area contributed by atoms with Crippen LogP contribution in [0.1, 0.15) is 19.8 Å². The zero-order valence-corrected chi connectivity index (χ0v) is 7.03. The Bertz CT molecular complexity index is 62.7. The minimum absolute atomic E-state index is 0.329. The van der Waals surface area contributed by atoms with Crippen molar-refractivity contribution in [2.24, 2.45) is 0 Å². The van der Waals surface area contributed by atoms with E-state index in [1.807, 2.05) is 0 Å². The summed E-state index contributed by atoms with van der Waals surface area (Å²) >= 11 is 8.99. The number of rotatable bonds is 3. The van der Waals surface area contributed by atoms with Gasteiger partial charge in [0.15, 0.2) is 11.8 Å². The van der Waals surface area contributed by atoms with Crippen LogP contribution in [0.25, 0.3) is 0 Å². The molecule has 0 radical (unpaired) electrons. The van der Waals surface area contributed by atoms with Crippen LogP contribution in [-0.2, 0) is 11.8 Å². The molecule has 0 heterocycles. The van der Waals surface area contributed by atoms with Crippen LogP contribution in [0, 0.1) is 0 Å². The highest BCUT2D eigenvalue weighted by Gasteiger charge is 1.97. The third-order valence-electron chi connectivity index (χ3n) is 0.703. The van der Waals surface area contributed by atoms with Gasteiger partial charge in [-0.2, -0.15) is 0 Å². The highest BCUT2D eigenvalue weighted by molar-refractivity contribution is 8.56. The van der Waals surface area contributed by atoms with Gasteiger partial charge in [-0.1, -0.05) is 13.3 Å². The molecular formula is C4H10PS2+. The average molecular weight is 153 g/mol. The summed E-state index contributed by atoms with van der Waals surface area (Å²) in [4.78, 5) is 0. The van der Waals surface area contributed by atoms with Gasteiger partial charge in [-0.3, -0.25) is 0 Å². The van der Waals surface area contributed by atoms with Gasteiger partial charge in [-0.25, -0.2) is 0 Å². The molecular weight excluding hydrogens is 143 g/mol. The zero-order chi connectivity index (χ0) is 5.70. The predicted molar refractivity (Wildman–Crippen MR) is 43.0 cm³/mol. The summed E-state index contributed by atoms with van der Waals surface area (Å²) < 4.78 is 0. The fourth-order valence-corrected chi connectivity index (χ4v) is 1.69. The largest absolute Gasteiger partial charge is 0.241 e. The van der Waals surface area contributed by atoms with Crippen molar-refractivity contribution in [1.29, 1.82) is 0 Å². The van der Waals surface area contributed by atoms with Crippen molar-refractivity contribution in [1.82, 2.24) is 0 Å². The minimum Gasteiger partial charge on any atom is -0.0652 e. The molecule has 0 bridgehead atoms. The van der Waals surface area contributed by atoms with Crippen LogP contribution in [-0.4, -0.2) is 6.16 Å². The Morgan fingerprint density at radius 2 is 2.29 bits per heavy atom. The van der Waals surface area contributed by atoms with Crippen LogP contribution in [0.2, 0.25) is 0 Å². The fraction of sp³-hybridized carbons (Fsp3) is 1.00. The molecule has 7 heavy (non-hydrogen) atoms. The van der Waals surface area contributed by atoms with E-state index in [2.05, 4.69) is 19.2 Å². The van der Waals surface area contributed by atoms with E-state index in [1.165, 1.54) is 12.8 Å². The van der Waals surface area contributed by atoms with E-state index in [0.717, 1.165) is 6.16 Å². The predicted octanol–water partition coefficient (Wildman–Crippen LogP) is 2.58. The fourth-order valence-electron chi connectivity index (χ4n) is 0.293. The molecule has 1 atom stereocenters. The topological polar surface area (TPSA) is 0 Å². The lowest BCUT2D eigenvalue weighted by Crippen LogP contribution is -1.69. The lowest BCUT2D eigenvalue weighted by atomic mass is 10.4. The molecule has 0 spiro atoms. The van der Waals surface area contributed by atoms with Crippen molar-refractivity contribution in [2.75, 3.05) is 6.16 Å². The standard InChI is InChI=1S/C4H9PS2/c1-2-3-4-5(6)7/h2-4H2,1H3/p+1. The third-order valence-corrected chi connectivity index (χ3v) is 2.55. The van der Waals surface area contributed by atoms with Crippen LogP contribution in [0.5, 0.6) is 0 Å². The third kappa shape index (κ3) is 6.87. The van der Waals surface area contributed by atoms with Crippen LogP contribution >= 0.6 is 18.1 Å². The molecule has 0 saturated heterocycles. The van der Waals surface area contributed by atoms with Crippen molar-refractivity contribution < 1.29 is 0 Å². The first-order chi connectivity index (χ1) is 3.27. The van der Waals surface area contributed by atoms with Gasteiger partial charge < -0.3 is 0 Å². The number of thiol groups is 1. The van der Waals surface area contributed by atoms with Crippen LogP contribution in [0.4, 0.5) is 0 Å². The maximum atomic E-state index is 4.87. The Balaban J connectivity index is 2.82. The summed E-state index contributed by atoms with van der Waals surface area (Å²) in [6.45, 7) is 2.17. The molecule has 0 aliphatic rings. The zero-order valence-electron chi connectivity index (χ0n) is 4.42. The number of hydrogen-bond acceptors (Lipinski definition) is 1. The highest BCUT2D eigenvalue weighted by atomic mass is 32.9. The molecule has 0 aromatic carbocycles. The lowest BCUT2D eigenvalue weighted by molar-refractivity contribution is 0.896. The van der Waals surface area contributed by atoms with Gasteiger partial charge in [0.05, 0.1) is 12.2 Å². The van der Waals surface area contributed by atoms with Crippen molar-refractivity contribution in [2.45, 2.75) is 19.8 Å². The summed E-state index contributed by atoms with van der Waals surface area (Å²) in [7, 11) is 0. The van der Waals surface area contributed by atoms with E-state index in [4.69, 9.17) is 11.8 Å². The van der Waals surface area contributed by atoms with E-state index >= 15 is 0 Å². The second kappa shape index (κ2) is 5.02. The molecule has 42 valence electrons. The molecule has 0 rings (SSSR count). The SMILES string of the molecule is CCCC[P+](=S)S. The van der Waals surface area contributed by atoms with Crippen LogP contribution in [0.15, 0.2) is 0 Å². The van der Waals surface area contributed by atoms with Gasteiger partial charge >= 0.3 is 0 Å². The first kappa shape index (κ1) is 7.87. The maximum absolute atomic E-state index is 4.87. The molecule has 3 heteroatoms. The van der Waals surface area contributed by atoms with Gasteiger partial charge in [-0.15, -0.1) is 0 Å². The molecule has 0 aliphatic carbocycles. The van der Waals surface area contributed by atoms with E-state index < -0.39 is 0 Å². The maximum Gasteiger partial charge on any atom is 0.241 e. The second-order valence-electron chi connectivity index (χ2n) is 1.43. The smallest absolute Gasteiger partial charge is 0.0652 e. The highest BCUT2D eigenvalue weighted by Crippen LogP contribution is 2.26. The summed E-state index contributed by atoms with van der Waals surface area (Å²) in [5, 5.41) is 0. The lowest BCUT2D eigenvalue weighted by Gasteiger charge is -1.78. The molecule has 0 aliphatic heterocycles. The first-order valence-corrected chi connectivity index (χ1v) is 6.10. The molecule has 0 aromatic heterocycles. The Labute approximate surface area is 56.3 Å². The van der Waals surface area contributed by atoms with E-state index in [-0.39, 0.29) is 5.90 Å². The molecule has 0 N–H and O–H groups in total. The molecule has 0 nitrogen and oxygen atoms in total. The summed E-state index contributed by atoms with van der Waals surface area (Å²) in [5.41, 5.74) is 0. The molecule has 0 saturated carbocycles. The Hall–Kier alpha value is 0.870. The van der Waals surface area contributed by atoms with Crippen molar-refractivity contribution in [3.63, 3.8) is 0 Å². The first-order valence-electron chi connectivity index (χ1n) is 2.41. The van der Waals surface area contributed by atoms with Crippen LogP contribution < -0.4 is 0 Å². The van der Waals surface area contributed by atoms with Crippen molar-refractivity contribution in [3.05, 3.63) is 0 Å². The van der Waals surface area contributed by atoms with E-state index in [1.54, 1.807) is 0 Å². The quantitative estimate of drug-likeness (QED) is 0.480. The van der Waals surface area contributed by atoms with Gasteiger partial charge in [0.25, 0.3) is 0 Å². The van der Waals surface area contributed by atoms with Gasteiger partial charge in [0, 0.05) is 0 Å². The van der Waals surface area contributed by atoms with Crippen molar-refractivity contribution >= 4 is 30.0 Å². The summed E-state index contributed by atoms with van der Waals surface area (Å²) in [6.07, 6.45) is 3.64. The van der Waals surface area contributed by atoms with E-state index in [9.17, 15) is 0 Å². The Kier molecular flexibility index (Phi) is 5.64. The molecule has 1 unspecified atom stereocenters. The van der Waals surface area contributed by atoms with Gasteiger partial charge in [0.1, 0.15) is 6.16 Å². The summed E-state index contributed by atoms with van der Waals surface area (Å²) in [6, 6.07) is 0. The molecule has 0 aromatic rings. The van der Waals surface area contributed by atoms with Gasteiger partial charge in [0.2, 0.25) is 5.90 Å². The van der Waals surface area contributed by atoms with E-state index in [0.29, 0.717) is 0 Å². The molecule has 0 fully saturated rings. The van der Waals surface area contributed by atoms with Crippen LogP contribution in [0.3, 0.4) is 0 Å². The number of hydrogen-bond donors (Lipinski definition) is 1. The Morgan fingerprint density at radius 1 is 1.71 bits per heavy atom. The van der Waals surface area contributed by atoms with Crippen molar-refractivity contribution in [3.8, 4) is 0 Å². The Morgan fingerprint density at radius 3 is 2.43 bits per heavy atom. The normalized spacial score (nSPS) is 11.4.